The lowest BCUT2D eigenvalue weighted by Crippen LogP contribution is -2.36. The molecule has 0 radical (unpaired) electrons. The van der Waals surface area contributed by atoms with Gasteiger partial charge in [-0.05, 0) is 12.1 Å². The van der Waals surface area contributed by atoms with E-state index in [0.29, 0.717) is 23.5 Å². The number of benzene rings is 2. The SMILES string of the molecule is COCCN(CCOC)S(=O)(=O)c1cccc2c(N(C)C)cccc12. The number of hydrogen-bond donors (Lipinski definition) is 0. The minimum atomic E-state index is -3.66. The normalized spacial score (nSPS) is 12.0. The van der Waals surface area contributed by atoms with Crippen LogP contribution in [0.5, 0.6) is 0 Å². The van der Waals surface area contributed by atoms with Crippen molar-refractivity contribution in [3.63, 3.8) is 0 Å². The van der Waals surface area contributed by atoms with Crippen molar-refractivity contribution in [1.82, 2.24) is 4.31 Å². The summed E-state index contributed by atoms with van der Waals surface area (Å²) < 4.78 is 38.0. The predicted molar refractivity (Wildman–Crippen MR) is 101 cm³/mol. The maximum absolute atomic E-state index is 13.2. The average Bonchev–Trinajstić information content (AvgIpc) is 2.60. The molecule has 2 aromatic rings. The number of nitrogens with zero attached hydrogens (tertiary/aromatic N) is 2. The summed E-state index contributed by atoms with van der Waals surface area (Å²) in [6, 6.07) is 11.1. The molecule has 25 heavy (non-hydrogen) atoms. The molecule has 0 aliphatic rings. The summed E-state index contributed by atoms with van der Waals surface area (Å²) in [5.41, 5.74) is 0.981. The quantitative estimate of drug-likeness (QED) is 0.681. The highest BCUT2D eigenvalue weighted by Crippen LogP contribution is 2.31. The third-order valence-electron chi connectivity index (χ3n) is 4.05. The Kier molecular flexibility index (Phi) is 6.78. The standard InChI is InChI=1S/C18H26N2O4S/c1-19(2)17-9-5-8-16-15(17)7-6-10-18(16)25(21,22)20(11-13-23-3)12-14-24-4/h5-10H,11-14H2,1-4H3. The van der Waals surface area contributed by atoms with Crippen molar-refractivity contribution in [2.45, 2.75) is 4.90 Å². The zero-order valence-electron chi connectivity index (χ0n) is 15.2. The van der Waals surface area contributed by atoms with Crippen LogP contribution in [0.4, 0.5) is 5.69 Å². The van der Waals surface area contributed by atoms with Crippen LogP contribution >= 0.6 is 0 Å². The second kappa shape index (κ2) is 8.62. The molecular weight excluding hydrogens is 340 g/mol. The molecular formula is C18H26N2O4S. The van der Waals surface area contributed by atoms with Gasteiger partial charge in [0.1, 0.15) is 0 Å². The number of ether oxygens (including phenoxy) is 2. The minimum absolute atomic E-state index is 0.284. The highest BCUT2D eigenvalue weighted by molar-refractivity contribution is 7.89. The maximum Gasteiger partial charge on any atom is 0.243 e. The van der Waals surface area contributed by atoms with Crippen molar-refractivity contribution in [3.8, 4) is 0 Å². The van der Waals surface area contributed by atoms with Gasteiger partial charge in [-0.3, -0.25) is 0 Å². The van der Waals surface area contributed by atoms with Crippen molar-refractivity contribution in [3.05, 3.63) is 36.4 Å². The molecule has 138 valence electrons. The van der Waals surface area contributed by atoms with Gasteiger partial charge >= 0.3 is 0 Å². The van der Waals surface area contributed by atoms with E-state index in [1.165, 1.54) is 4.31 Å². The molecule has 2 aromatic carbocycles. The van der Waals surface area contributed by atoms with Crippen LogP contribution in [0, 0.1) is 0 Å². The number of rotatable bonds is 9. The lowest BCUT2D eigenvalue weighted by atomic mass is 10.1. The molecule has 7 heteroatoms. The first-order valence-electron chi connectivity index (χ1n) is 8.10. The van der Waals surface area contributed by atoms with E-state index in [4.69, 9.17) is 9.47 Å². The Balaban J connectivity index is 2.55. The molecule has 0 N–H and O–H groups in total. The van der Waals surface area contributed by atoms with Crippen LogP contribution in [0.1, 0.15) is 0 Å². The molecule has 0 bridgehead atoms. The summed E-state index contributed by atoms with van der Waals surface area (Å²) >= 11 is 0. The molecule has 0 aliphatic heterocycles. The van der Waals surface area contributed by atoms with Crippen LogP contribution in [0.2, 0.25) is 0 Å². The number of fused-ring (bicyclic) bond motifs is 1. The molecule has 0 unspecified atom stereocenters. The third kappa shape index (κ3) is 4.30. The van der Waals surface area contributed by atoms with E-state index in [9.17, 15) is 8.42 Å². The highest BCUT2D eigenvalue weighted by Gasteiger charge is 2.26. The first kappa shape index (κ1) is 19.7. The molecule has 0 saturated heterocycles. The van der Waals surface area contributed by atoms with Gasteiger partial charge in [-0.2, -0.15) is 4.31 Å². The molecule has 2 rings (SSSR count). The van der Waals surface area contributed by atoms with Gasteiger partial charge in [0.15, 0.2) is 0 Å². The van der Waals surface area contributed by atoms with Crippen LogP contribution in [0.15, 0.2) is 41.3 Å². The van der Waals surface area contributed by atoms with Crippen molar-refractivity contribution in [1.29, 1.82) is 0 Å². The average molecular weight is 366 g/mol. The topological polar surface area (TPSA) is 59.1 Å². The smallest absolute Gasteiger partial charge is 0.243 e. The van der Waals surface area contributed by atoms with Crippen molar-refractivity contribution >= 4 is 26.5 Å². The summed E-state index contributed by atoms with van der Waals surface area (Å²) in [7, 11) is 3.34. The Morgan fingerprint density at radius 1 is 0.880 bits per heavy atom. The van der Waals surface area contributed by atoms with Gasteiger partial charge in [0.25, 0.3) is 0 Å². The molecule has 0 amide bonds. The molecule has 0 atom stereocenters. The first-order valence-corrected chi connectivity index (χ1v) is 9.54. The largest absolute Gasteiger partial charge is 0.383 e. The van der Waals surface area contributed by atoms with E-state index in [-0.39, 0.29) is 13.1 Å². The molecule has 0 heterocycles. The van der Waals surface area contributed by atoms with E-state index < -0.39 is 10.0 Å². The van der Waals surface area contributed by atoms with E-state index in [0.717, 1.165) is 11.1 Å². The second-order valence-corrected chi connectivity index (χ2v) is 7.82. The molecule has 0 aromatic heterocycles. The Hall–Kier alpha value is -1.67. The summed E-state index contributed by atoms with van der Waals surface area (Å²) in [6.45, 7) is 1.23. The van der Waals surface area contributed by atoms with Gasteiger partial charge in [-0.15, -0.1) is 0 Å². The van der Waals surface area contributed by atoms with Crippen molar-refractivity contribution < 1.29 is 17.9 Å². The monoisotopic (exact) mass is 366 g/mol. The molecule has 0 aliphatic carbocycles. The summed E-state index contributed by atoms with van der Waals surface area (Å²) in [5, 5.41) is 1.63. The molecule has 0 saturated carbocycles. The Labute approximate surface area is 150 Å². The van der Waals surface area contributed by atoms with Gasteiger partial charge in [0.05, 0.1) is 18.1 Å². The number of methoxy groups -OCH3 is 2. The van der Waals surface area contributed by atoms with Crippen molar-refractivity contribution in [2.75, 3.05) is 59.5 Å². The first-order chi connectivity index (χ1) is 11.9. The van der Waals surface area contributed by atoms with Gasteiger partial charge in [-0.25, -0.2) is 8.42 Å². The van der Waals surface area contributed by atoms with Gasteiger partial charge in [-0.1, -0.05) is 24.3 Å². The van der Waals surface area contributed by atoms with E-state index >= 15 is 0 Å². The molecule has 0 fully saturated rings. The lowest BCUT2D eigenvalue weighted by molar-refractivity contribution is 0.150. The molecule has 0 spiro atoms. The summed E-state index contributed by atoms with van der Waals surface area (Å²) in [4.78, 5) is 2.28. The minimum Gasteiger partial charge on any atom is -0.383 e. The third-order valence-corrected chi connectivity index (χ3v) is 6.01. The van der Waals surface area contributed by atoms with Crippen LogP contribution in [0.25, 0.3) is 10.8 Å². The predicted octanol–water partition coefficient (Wildman–Crippen LogP) is 2.19. The van der Waals surface area contributed by atoms with Crippen molar-refractivity contribution in [2.24, 2.45) is 0 Å². The highest BCUT2D eigenvalue weighted by atomic mass is 32.2. The van der Waals surface area contributed by atoms with E-state index in [2.05, 4.69) is 0 Å². The van der Waals surface area contributed by atoms with Gasteiger partial charge in [0.2, 0.25) is 10.0 Å². The Morgan fingerprint density at radius 2 is 1.44 bits per heavy atom. The van der Waals surface area contributed by atoms with E-state index in [1.807, 2.05) is 43.3 Å². The number of anilines is 1. The van der Waals surface area contributed by atoms with Crippen LogP contribution in [-0.2, 0) is 19.5 Å². The summed E-state index contributed by atoms with van der Waals surface area (Å²) in [5.74, 6) is 0. The van der Waals surface area contributed by atoms with Gasteiger partial charge < -0.3 is 14.4 Å². The van der Waals surface area contributed by atoms with Crippen LogP contribution < -0.4 is 4.90 Å². The Bertz CT molecular complexity index is 798. The summed E-state index contributed by atoms with van der Waals surface area (Å²) in [6.07, 6.45) is 0. The zero-order chi connectivity index (χ0) is 18.4. The fourth-order valence-electron chi connectivity index (χ4n) is 2.76. The Morgan fingerprint density at radius 3 is 2.00 bits per heavy atom. The van der Waals surface area contributed by atoms with E-state index in [1.54, 1.807) is 26.4 Å². The fourth-order valence-corrected chi connectivity index (χ4v) is 4.37. The fraction of sp³-hybridized carbons (Fsp3) is 0.444. The maximum atomic E-state index is 13.2. The number of hydrogen-bond acceptors (Lipinski definition) is 5. The number of sulfonamides is 1. The lowest BCUT2D eigenvalue weighted by Gasteiger charge is -2.23. The zero-order valence-corrected chi connectivity index (χ0v) is 16.0. The second-order valence-electron chi connectivity index (χ2n) is 5.91. The molecule has 6 nitrogen and oxygen atoms in total. The van der Waals surface area contributed by atoms with Crippen LogP contribution in [-0.4, -0.2) is 67.3 Å². The van der Waals surface area contributed by atoms with Gasteiger partial charge in [0, 0.05) is 57.9 Å². The van der Waals surface area contributed by atoms with Crippen LogP contribution in [0.3, 0.4) is 0 Å².